The predicted molar refractivity (Wildman–Crippen MR) is 54.7 cm³/mol. The second kappa shape index (κ2) is 2.92. The Bertz CT molecular complexity index is 443. The first-order valence-electron chi connectivity index (χ1n) is 5.20. The topological polar surface area (TPSA) is 46.2 Å². The van der Waals surface area contributed by atoms with Crippen molar-refractivity contribution < 1.29 is 9.59 Å². The maximum Gasteiger partial charge on any atom is 0.254 e. The molecule has 0 saturated carbocycles. The average molecular weight is 201 g/mol. The third kappa shape index (κ3) is 1.12. The van der Waals surface area contributed by atoms with Gasteiger partial charge < -0.3 is 0 Å². The van der Waals surface area contributed by atoms with Gasteiger partial charge in [0.2, 0.25) is 5.91 Å². The number of amides is 2. The molecule has 1 N–H and O–H groups in total. The van der Waals surface area contributed by atoms with Crippen LogP contribution >= 0.6 is 0 Å². The van der Waals surface area contributed by atoms with Gasteiger partial charge in [-0.3, -0.25) is 14.9 Å². The molecule has 3 aliphatic rings. The molecule has 0 aromatic rings. The van der Waals surface area contributed by atoms with Crippen LogP contribution in [0.4, 0.5) is 0 Å². The summed E-state index contributed by atoms with van der Waals surface area (Å²) < 4.78 is 0. The number of imide groups is 1. The molecule has 1 fully saturated rings. The normalized spacial score (nSPS) is 32.8. The quantitative estimate of drug-likeness (QED) is 0.596. The SMILES string of the molecule is O=C1NC(=O)C2C=CC=C3CCC=C1C32. The molecular formula is C12H11NO2. The Labute approximate surface area is 87.5 Å². The van der Waals surface area contributed by atoms with Crippen molar-refractivity contribution in [2.45, 2.75) is 12.8 Å². The summed E-state index contributed by atoms with van der Waals surface area (Å²) in [7, 11) is 0. The van der Waals surface area contributed by atoms with Crippen LogP contribution in [-0.4, -0.2) is 11.8 Å². The van der Waals surface area contributed by atoms with Crippen molar-refractivity contribution in [2.75, 3.05) is 0 Å². The third-order valence-electron chi connectivity index (χ3n) is 3.32. The first kappa shape index (κ1) is 8.65. The number of piperidine rings is 1. The number of hydrogen-bond acceptors (Lipinski definition) is 2. The Morgan fingerprint density at radius 2 is 2.20 bits per heavy atom. The fourth-order valence-corrected chi connectivity index (χ4v) is 2.64. The largest absolute Gasteiger partial charge is 0.292 e. The summed E-state index contributed by atoms with van der Waals surface area (Å²) in [5, 5.41) is 2.41. The second-order valence-electron chi connectivity index (χ2n) is 4.15. The van der Waals surface area contributed by atoms with Crippen LogP contribution < -0.4 is 5.32 Å². The lowest BCUT2D eigenvalue weighted by molar-refractivity contribution is -0.133. The standard InChI is InChI=1S/C12H11NO2/c14-11-8-5-1-3-7-4-2-6-9(10(7)8)12(15)13-11/h1,3,5-6,8,10H,2,4H2,(H,13,14,15). The molecule has 1 heterocycles. The molecule has 3 heteroatoms. The molecule has 0 bridgehead atoms. The summed E-state index contributed by atoms with van der Waals surface area (Å²) >= 11 is 0. The van der Waals surface area contributed by atoms with Crippen molar-refractivity contribution in [3.63, 3.8) is 0 Å². The van der Waals surface area contributed by atoms with Crippen LogP contribution in [0.1, 0.15) is 12.8 Å². The number of carbonyl (C=O) groups excluding carboxylic acids is 2. The molecule has 2 aliphatic carbocycles. The molecule has 0 spiro atoms. The summed E-state index contributed by atoms with van der Waals surface area (Å²) in [5.74, 6) is -0.521. The van der Waals surface area contributed by atoms with E-state index in [1.165, 1.54) is 5.57 Å². The van der Waals surface area contributed by atoms with Crippen molar-refractivity contribution in [3.8, 4) is 0 Å². The molecule has 0 radical (unpaired) electrons. The Morgan fingerprint density at radius 1 is 1.33 bits per heavy atom. The van der Waals surface area contributed by atoms with E-state index in [2.05, 4.69) is 5.32 Å². The summed E-state index contributed by atoms with van der Waals surface area (Å²) in [6.45, 7) is 0. The number of nitrogens with one attached hydrogen (secondary N) is 1. The summed E-state index contributed by atoms with van der Waals surface area (Å²) in [6, 6.07) is 0. The summed E-state index contributed by atoms with van der Waals surface area (Å²) in [6.07, 6.45) is 9.69. The van der Waals surface area contributed by atoms with Gasteiger partial charge in [-0.1, -0.05) is 29.9 Å². The minimum Gasteiger partial charge on any atom is -0.292 e. The highest BCUT2D eigenvalue weighted by atomic mass is 16.2. The van der Waals surface area contributed by atoms with E-state index in [1.54, 1.807) is 0 Å². The zero-order valence-corrected chi connectivity index (χ0v) is 8.19. The van der Waals surface area contributed by atoms with Gasteiger partial charge in [0.15, 0.2) is 0 Å². The molecule has 76 valence electrons. The van der Waals surface area contributed by atoms with Gasteiger partial charge in [0.25, 0.3) is 5.91 Å². The van der Waals surface area contributed by atoms with Gasteiger partial charge in [0.1, 0.15) is 0 Å². The van der Waals surface area contributed by atoms with E-state index in [1.807, 2.05) is 24.3 Å². The van der Waals surface area contributed by atoms with Crippen molar-refractivity contribution in [1.29, 1.82) is 0 Å². The number of rotatable bonds is 0. The van der Waals surface area contributed by atoms with Crippen molar-refractivity contribution in [2.24, 2.45) is 11.8 Å². The smallest absolute Gasteiger partial charge is 0.254 e. The van der Waals surface area contributed by atoms with Crippen LogP contribution in [-0.2, 0) is 9.59 Å². The van der Waals surface area contributed by atoms with Crippen LogP contribution in [0.5, 0.6) is 0 Å². The molecule has 2 atom stereocenters. The van der Waals surface area contributed by atoms with Gasteiger partial charge in [0.05, 0.1) is 5.92 Å². The van der Waals surface area contributed by atoms with Gasteiger partial charge in [-0.25, -0.2) is 0 Å². The minimum atomic E-state index is -0.206. The van der Waals surface area contributed by atoms with E-state index in [9.17, 15) is 9.59 Å². The van der Waals surface area contributed by atoms with E-state index in [0.717, 1.165) is 18.4 Å². The second-order valence-corrected chi connectivity index (χ2v) is 4.15. The van der Waals surface area contributed by atoms with E-state index in [4.69, 9.17) is 0 Å². The van der Waals surface area contributed by atoms with Gasteiger partial charge in [-0.05, 0) is 12.8 Å². The monoisotopic (exact) mass is 201 g/mol. The van der Waals surface area contributed by atoms with Crippen LogP contribution in [0.3, 0.4) is 0 Å². The van der Waals surface area contributed by atoms with E-state index < -0.39 is 0 Å². The molecule has 15 heavy (non-hydrogen) atoms. The average Bonchev–Trinajstić information content (AvgIpc) is 2.25. The molecule has 2 unspecified atom stereocenters. The zero-order valence-electron chi connectivity index (χ0n) is 8.19. The number of carbonyl (C=O) groups is 2. The lowest BCUT2D eigenvalue weighted by Crippen LogP contribution is -2.48. The highest BCUT2D eigenvalue weighted by Crippen LogP contribution is 2.40. The Morgan fingerprint density at radius 3 is 3.07 bits per heavy atom. The maximum atomic E-state index is 11.6. The first-order chi connectivity index (χ1) is 7.27. The van der Waals surface area contributed by atoms with E-state index >= 15 is 0 Å². The molecule has 3 nitrogen and oxygen atoms in total. The Balaban J connectivity index is 2.13. The highest BCUT2D eigenvalue weighted by Gasteiger charge is 2.41. The molecular weight excluding hydrogens is 190 g/mol. The molecule has 3 rings (SSSR count). The van der Waals surface area contributed by atoms with Gasteiger partial charge >= 0.3 is 0 Å². The molecule has 2 amide bonds. The predicted octanol–water partition coefficient (Wildman–Crippen LogP) is 1.09. The van der Waals surface area contributed by atoms with Gasteiger partial charge in [0, 0.05) is 11.5 Å². The molecule has 1 saturated heterocycles. The van der Waals surface area contributed by atoms with E-state index in [-0.39, 0.29) is 23.7 Å². The van der Waals surface area contributed by atoms with Crippen LogP contribution in [0, 0.1) is 11.8 Å². The van der Waals surface area contributed by atoms with Crippen molar-refractivity contribution in [3.05, 3.63) is 35.5 Å². The molecule has 0 aromatic carbocycles. The Kier molecular flexibility index (Phi) is 1.69. The van der Waals surface area contributed by atoms with Crippen LogP contribution in [0.2, 0.25) is 0 Å². The van der Waals surface area contributed by atoms with Crippen LogP contribution in [0.25, 0.3) is 0 Å². The minimum absolute atomic E-state index is 0.0185. The van der Waals surface area contributed by atoms with Crippen LogP contribution in [0.15, 0.2) is 35.5 Å². The van der Waals surface area contributed by atoms with Gasteiger partial charge in [-0.2, -0.15) is 0 Å². The molecule has 0 aromatic heterocycles. The molecule has 1 aliphatic heterocycles. The summed E-state index contributed by atoms with van der Waals surface area (Å²) in [5.41, 5.74) is 2.00. The Hall–Kier alpha value is -1.64. The fourth-order valence-electron chi connectivity index (χ4n) is 2.64. The lowest BCUT2D eigenvalue weighted by atomic mass is 9.70. The maximum absolute atomic E-state index is 11.6. The number of hydrogen-bond donors (Lipinski definition) is 1. The van der Waals surface area contributed by atoms with Crippen molar-refractivity contribution >= 4 is 11.8 Å². The highest BCUT2D eigenvalue weighted by molar-refractivity contribution is 6.10. The zero-order chi connectivity index (χ0) is 10.4. The third-order valence-corrected chi connectivity index (χ3v) is 3.32. The lowest BCUT2D eigenvalue weighted by Gasteiger charge is -2.36. The van der Waals surface area contributed by atoms with Gasteiger partial charge in [-0.15, -0.1) is 0 Å². The van der Waals surface area contributed by atoms with E-state index in [0.29, 0.717) is 0 Å². The first-order valence-corrected chi connectivity index (χ1v) is 5.20. The summed E-state index contributed by atoms with van der Waals surface area (Å²) in [4.78, 5) is 23.3. The van der Waals surface area contributed by atoms with Crippen molar-refractivity contribution in [1.82, 2.24) is 5.32 Å². The number of allylic oxidation sites excluding steroid dienone is 4. The fraction of sp³-hybridized carbons (Fsp3) is 0.333.